The number of hydrogen-bond donors (Lipinski definition) is 1. The van der Waals surface area contributed by atoms with Crippen LogP contribution < -0.4 is 0 Å². The van der Waals surface area contributed by atoms with Crippen LogP contribution in [-0.2, 0) is 9.47 Å². The van der Waals surface area contributed by atoms with Crippen molar-refractivity contribution in [1.82, 2.24) is 0 Å². The van der Waals surface area contributed by atoms with Crippen LogP contribution in [-0.4, -0.2) is 21.2 Å². The molecule has 2 aliphatic carbocycles. The van der Waals surface area contributed by atoms with Crippen molar-refractivity contribution in [2.75, 3.05) is 0 Å². The highest BCUT2D eigenvalue weighted by Gasteiger charge is 2.56. The van der Waals surface area contributed by atoms with Crippen molar-refractivity contribution in [3.8, 4) is 0 Å². The van der Waals surface area contributed by atoms with Gasteiger partial charge >= 0.3 is 0 Å². The van der Waals surface area contributed by atoms with E-state index in [1.807, 2.05) is 6.92 Å². The number of thiol groups is 1. The lowest BCUT2D eigenvalue weighted by Gasteiger charge is -2.40. The second-order valence-electron chi connectivity index (χ2n) is 8.69. The van der Waals surface area contributed by atoms with Gasteiger partial charge < -0.3 is 9.47 Å². The molecule has 0 saturated heterocycles. The first kappa shape index (κ1) is 20.6. The fourth-order valence-electron chi connectivity index (χ4n) is 5.19. The van der Waals surface area contributed by atoms with Crippen LogP contribution in [0.1, 0.15) is 72.0 Å². The van der Waals surface area contributed by atoms with Gasteiger partial charge in [-0.3, -0.25) is 0 Å². The molecule has 0 aliphatic heterocycles. The maximum atomic E-state index is 6.35. The molecular weight excluding hydrogens is 360 g/mol. The van der Waals surface area contributed by atoms with E-state index in [1.54, 1.807) is 0 Å². The predicted molar refractivity (Wildman–Crippen MR) is 115 cm³/mol. The number of hydrogen-bond acceptors (Lipinski definition) is 4. The summed E-state index contributed by atoms with van der Waals surface area (Å²) in [6.45, 7) is 10.9. The van der Waals surface area contributed by atoms with Crippen LogP contribution >= 0.6 is 24.4 Å². The fourth-order valence-corrected chi connectivity index (χ4v) is 7.21. The van der Waals surface area contributed by atoms with Gasteiger partial charge in [0.15, 0.2) is 0 Å². The van der Waals surface area contributed by atoms with Crippen molar-refractivity contribution in [2.45, 2.75) is 87.6 Å². The molecule has 1 aromatic carbocycles. The van der Waals surface area contributed by atoms with Gasteiger partial charge in [0.2, 0.25) is 0 Å². The van der Waals surface area contributed by atoms with Gasteiger partial charge in [0.05, 0.1) is 17.1 Å². The van der Waals surface area contributed by atoms with Gasteiger partial charge in [-0.15, -0.1) is 24.4 Å². The second-order valence-corrected chi connectivity index (χ2v) is 11.2. The third-order valence-electron chi connectivity index (χ3n) is 6.21. The second kappa shape index (κ2) is 8.06. The van der Waals surface area contributed by atoms with Crippen LogP contribution in [0.15, 0.2) is 30.3 Å². The maximum Gasteiger partial charge on any atom is 0.101 e. The smallest absolute Gasteiger partial charge is 0.101 e. The summed E-state index contributed by atoms with van der Waals surface area (Å²) in [7, 11) is 0. The Morgan fingerprint density at radius 3 is 2.50 bits per heavy atom. The highest BCUT2D eigenvalue weighted by molar-refractivity contribution is 8.01. The Morgan fingerprint density at radius 1 is 1.15 bits per heavy atom. The summed E-state index contributed by atoms with van der Waals surface area (Å²) in [6.07, 6.45) is 5.33. The van der Waals surface area contributed by atoms with Crippen molar-refractivity contribution in [1.29, 1.82) is 0 Å². The summed E-state index contributed by atoms with van der Waals surface area (Å²) in [4.78, 5) is 0. The van der Waals surface area contributed by atoms with Crippen molar-refractivity contribution in [3.05, 3.63) is 35.9 Å². The van der Waals surface area contributed by atoms with Gasteiger partial charge in [-0.2, -0.15) is 0 Å². The summed E-state index contributed by atoms with van der Waals surface area (Å²) < 4.78 is 12.9. The Labute approximate surface area is 169 Å². The van der Waals surface area contributed by atoms with E-state index in [-0.39, 0.29) is 22.6 Å². The lowest BCUT2D eigenvalue weighted by atomic mass is 9.78. The summed E-state index contributed by atoms with van der Waals surface area (Å²) in [5.74, 6) is 1.40. The Kier molecular flexibility index (Phi) is 6.38. The van der Waals surface area contributed by atoms with E-state index in [1.165, 1.54) is 31.2 Å². The molecule has 0 aromatic heterocycles. The molecule has 2 fully saturated rings. The fraction of sp³-hybridized carbons (Fsp3) is 0.727. The molecule has 1 aromatic rings. The van der Waals surface area contributed by atoms with Gasteiger partial charge in [0.1, 0.15) is 5.44 Å². The first-order valence-electron chi connectivity index (χ1n) is 9.95. The summed E-state index contributed by atoms with van der Waals surface area (Å²) in [5, 5.41) is 0. The highest BCUT2D eigenvalue weighted by atomic mass is 32.2. The van der Waals surface area contributed by atoms with E-state index in [0.29, 0.717) is 10.7 Å². The van der Waals surface area contributed by atoms with Crippen LogP contribution in [0, 0.1) is 11.8 Å². The molecule has 0 heterocycles. The van der Waals surface area contributed by atoms with Gasteiger partial charge in [0, 0.05) is 4.75 Å². The molecule has 146 valence electrons. The Hall–Kier alpha value is -0.160. The Balaban J connectivity index is 1.60. The summed E-state index contributed by atoms with van der Waals surface area (Å²) in [5.41, 5.74) is 1.34. The van der Waals surface area contributed by atoms with Crippen molar-refractivity contribution < 1.29 is 9.47 Å². The zero-order chi connectivity index (χ0) is 18.9. The summed E-state index contributed by atoms with van der Waals surface area (Å²) >= 11 is 6.52. The largest absolute Gasteiger partial charge is 0.362 e. The van der Waals surface area contributed by atoms with Crippen LogP contribution in [0.25, 0.3) is 0 Å². The van der Waals surface area contributed by atoms with E-state index in [9.17, 15) is 0 Å². The van der Waals surface area contributed by atoms with Crippen LogP contribution in [0.5, 0.6) is 0 Å². The van der Waals surface area contributed by atoms with Crippen LogP contribution in [0.4, 0.5) is 0 Å². The Bertz CT molecular complexity index is 589. The van der Waals surface area contributed by atoms with Gasteiger partial charge in [0.25, 0.3) is 0 Å². The summed E-state index contributed by atoms with van der Waals surface area (Å²) in [6, 6.07) is 10.5. The average molecular weight is 395 g/mol. The third-order valence-corrected chi connectivity index (χ3v) is 7.80. The van der Waals surface area contributed by atoms with Crippen LogP contribution in [0.3, 0.4) is 0 Å². The SMILES string of the molecule is CC(S)OC(C)(C)C1CC2(SC(C)OC(C)c3ccccc3)CCC1C2. The number of rotatable bonds is 8. The molecule has 26 heavy (non-hydrogen) atoms. The van der Waals surface area contributed by atoms with E-state index in [0.717, 1.165) is 5.92 Å². The predicted octanol–water partition coefficient (Wildman–Crippen LogP) is 6.47. The molecule has 4 heteroatoms. The number of benzene rings is 1. The van der Waals surface area contributed by atoms with E-state index < -0.39 is 0 Å². The first-order valence-corrected chi connectivity index (χ1v) is 11.3. The van der Waals surface area contributed by atoms with E-state index in [2.05, 4.69) is 82.4 Å². The maximum absolute atomic E-state index is 6.35. The molecule has 6 atom stereocenters. The minimum absolute atomic E-state index is 0.0123. The lowest BCUT2D eigenvalue weighted by molar-refractivity contribution is -0.0813. The average Bonchev–Trinajstić information content (AvgIpc) is 3.12. The van der Waals surface area contributed by atoms with E-state index >= 15 is 0 Å². The number of thioether (sulfide) groups is 1. The number of ether oxygens (including phenoxy) is 2. The molecule has 2 saturated carbocycles. The first-order chi connectivity index (χ1) is 12.2. The van der Waals surface area contributed by atoms with Crippen molar-refractivity contribution in [2.24, 2.45) is 11.8 Å². The highest BCUT2D eigenvalue weighted by Crippen LogP contribution is 2.62. The molecule has 3 rings (SSSR count). The minimum atomic E-state index is -0.101. The third kappa shape index (κ3) is 4.63. The number of fused-ring (bicyclic) bond motifs is 2. The minimum Gasteiger partial charge on any atom is -0.362 e. The van der Waals surface area contributed by atoms with Gasteiger partial charge in [-0.1, -0.05) is 30.3 Å². The standard InChI is InChI=1S/C22H34O2S2/c1-15(18-9-7-6-8-10-18)23-17(3)26-22-12-11-19(13-22)20(14-22)21(4,5)24-16(2)25/h6-10,15-17,19-20,25H,11-14H2,1-5H3. The quantitative estimate of drug-likeness (QED) is 0.402. The topological polar surface area (TPSA) is 18.5 Å². The normalized spacial score (nSPS) is 31.8. The molecule has 0 amide bonds. The molecule has 6 unspecified atom stereocenters. The molecule has 0 spiro atoms. The molecule has 0 radical (unpaired) electrons. The van der Waals surface area contributed by atoms with Crippen molar-refractivity contribution >= 4 is 24.4 Å². The molecule has 2 bridgehead atoms. The zero-order valence-electron chi connectivity index (χ0n) is 16.8. The van der Waals surface area contributed by atoms with Crippen LogP contribution in [0.2, 0.25) is 0 Å². The molecule has 2 aliphatic rings. The van der Waals surface area contributed by atoms with Crippen molar-refractivity contribution in [3.63, 3.8) is 0 Å². The monoisotopic (exact) mass is 394 g/mol. The molecule has 0 N–H and O–H groups in total. The molecular formula is C22H34O2S2. The molecule has 2 nitrogen and oxygen atoms in total. The van der Waals surface area contributed by atoms with E-state index in [4.69, 9.17) is 9.47 Å². The van der Waals surface area contributed by atoms with Gasteiger partial charge in [-0.25, -0.2) is 0 Å². The zero-order valence-corrected chi connectivity index (χ0v) is 18.5. The Morgan fingerprint density at radius 2 is 1.85 bits per heavy atom. The lowest BCUT2D eigenvalue weighted by Crippen LogP contribution is -2.40. The van der Waals surface area contributed by atoms with Gasteiger partial charge in [-0.05, 0) is 77.7 Å².